The number of aliphatic hydroxyl groups is 1. The quantitative estimate of drug-likeness (QED) is 0.549. The normalized spacial score (nSPS) is 11.5. The minimum absolute atomic E-state index is 0.0587. The Labute approximate surface area is 164 Å². The molecule has 3 aromatic carbocycles. The molecule has 0 saturated carbocycles. The Bertz CT molecular complexity index is 910. The largest absolute Gasteiger partial charge is 0.507 e. The molecular formula is C22H23O5P. The van der Waals surface area contributed by atoms with E-state index in [2.05, 4.69) is 0 Å². The van der Waals surface area contributed by atoms with E-state index in [9.17, 15) is 14.8 Å². The fraction of sp³-hybridized carbons (Fsp3) is 0.182. The summed E-state index contributed by atoms with van der Waals surface area (Å²) in [6.45, 7) is 1.56. The molecule has 0 aliphatic rings. The topological polar surface area (TPSA) is 76.0 Å². The van der Waals surface area contributed by atoms with Gasteiger partial charge in [-0.3, -0.25) is 4.57 Å². The van der Waals surface area contributed by atoms with Crippen LogP contribution in [0, 0.1) is 6.92 Å². The number of phenols is 1. The first-order chi connectivity index (χ1) is 13.5. The van der Waals surface area contributed by atoms with Crippen LogP contribution in [0.15, 0.2) is 72.8 Å². The average molecular weight is 398 g/mol. The molecule has 3 rings (SSSR count). The van der Waals surface area contributed by atoms with Gasteiger partial charge in [0.05, 0.1) is 19.8 Å². The van der Waals surface area contributed by atoms with Crippen LogP contribution in [0.2, 0.25) is 0 Å². The number of hydrogen-bond donors (Lipinski definition) is 2. The highest BCUT2D eigenvalue weighted by Crippen LogP contribution is 2.51. The lowest BCUT2D eigenvalue weighted by molar-refractivity contribution is 0.199. The fourth-order valence-electron chi connectivity index (χ4n) is 2.78. The zero-order chi connectivity index (χ0) is 20.0. The standard InChI is InChI=1S/C22H23O5P/c1-17-12-20(14-23)13-21(22(17)24)28(25,26-15-18-8-4-2-5-9-18)27-16-19-10-6-3-7-11-19/h2-13,23-24H,14-16H2,1H3. The molecule has 0 amide bonds. The van der Waals surface area contributed by atoms with Gasteiger partial charge in [0.2, 0.25) is 0 Å². The maximum Gasteiger partial charge on any atom is 0.365 e. The number of hydrogen-bond acceptors (Lipinski definition) is 5. The molecule has 0 saturated heterocycles. The average Bonchev–Trinajstić information content (AvgIpc) is 2.74. The third-order valence-electron chi connectivity index (χ3n) is 4.31. The smallest absolute Gasteiger partial charge is 0.365 e. The van der Waals surface area contributed by atoms with Crippen molar-refractivity contribution in [1.82, 2.24) is 0 Å². The first kappa shape index (κ1) is 20.3. The Balaban J connectivity index is 1.93. The van der Waals surface area contributed by atoms with Crippen LogP contribution in [0.1, 0.15) is 22.3 Å². The van der Waals surface area contributed by atoms with Gasteiger partial charge < -0.3 is 19.3 Å². The predicted molar refractivity (Wildman–Crippen MR) is 108 cm³/mol. The van der Waals surface area contributed by atoms with Gasteiger partial charge >= 0.3 is 7.60 Å². The van der Waals surface area contributed by atoms with Gasteiger partial charge in [0, 0.05) is 0 Å². The van der Waals surface area contributed by atoms with Crippen LogP contribution in [0.3, 0.4) is 0 Å². The molecule has 5 nitrogen and oxygen atoms in total. The minimum Gasteiger partial charge on any atom is -0.507 e. The van der Waals surface area contributed by atoms with Crippen molar-refractivity contribution in [2.24, 2.45) is 0 Å². The van der Waals surface area contributed by atoms with E-state index in [1.807, 2.05) is 60.7 Å². The lowest BCUT2D eigenvalue weighted by Gasteiger charge is -2.21. The van der Waals surface area contributed by atoms with Crippen molar-refractivity contribution < 1.29 is 23.8 Å². The van der Waals surface area contributed by atoms with Crippen molar-refractivity contribution in [3.05, 3.63) is 95.1 Å². The summed E-state index contributed by atoms with van der Waals surface area (Å²) >= 11 is 0. The molecule has 28 heavy (non-hydrogen) atoms. The summed E-state index contributed by atoms with van der Waals surface area (Å²) in [5.41, 5.74) is 2.69. The summed E-state index contributed by atoms with van der Waals surface area (Å²) in [7, 11) is -3.87. The van der Waals surface area contributed by atoms with E-state index in [0.717, 1.165) is 11.1 Å². The Morgan fingerprint density at radius 3 is 1.79 bits per heavy atom. The van der Waals surface area contributed by atoms with E-state index >= 15 is 0 Å². The number of phenolic OH excluding ortho intramolecular Hbond substituents is 1. The highest BCUT2D eigenvalue weighted by atomic mass is 31.2. The van der Waals surface area contributed by atoms with Crippen molar-refractivity contribution in [2.45, 2.75) is 26.7 Å². The van der Waals surface area contributed by atoms with E-state index in [1.165, 1.54) is 6.07 Å². The van der Waals surface area contributed by atoms with Gasteiger partial charge in [0.1, 0.15) is 11.1 Å². The second-order valence-electron chi connectivity index (χ2n) is 6.45. The van der Waals surface area contributed by atoms with Gasteiger partial charge in [-0.25, -0.2) is 0 Å². The van der Waals surface area contributed by atoms with Crippen molar-refractivity contribution >= 4 is 12.9 Å². The number of benzene rings is 3. The molecule has 146 valence electrons. The van der Waals surface area contributed by atoms with Crippen LogP contribution in [0.4, 0.5) is 0 Å². The molecule has 0 aromatic heterocycles. The van der Waals surface area contributed by atoms with Gasteiger partial charge in [-0.05, 0) is 35.2 Å². The van der Waals surface area contributed by atoms with E-state index in [0.29, 0.717) is 11.1 Å². The number of aryl methyl sites for hydroxylation is 1. The molecular weight excluding hydrogens is 375 g/mol. The monoisotopic (exact) mass is 398 g/mol. The summed E-state index contributed by atoms with van der Waals surface area (Å²) < 4.78 is 25.2. The molecule has 0 atom stereocenters. The van der Waals surface area contributed by atoms with Gasteiger partial charge in [-0.1, -0.05) is 66.7 Å². The van der Waals surface area contributed by atoms with Crippen molar-refractivity contribution in [3.8, 4) is 5.75 Å². The second-order valence-corrected chi connectivity index (χ2v) is 8.45. The SMILES string of the molecule is Cc1cc(CO)cc(P(=O)(OCc2ccccc2)OCc2ccccc2)c1O. The fourth-order valence-corrected chi connectivity index (χ4v) is 4.53. The molecule has 0 unspecified atom stereocenters. The zero-order valence-electron chi connectivity index (χ0n) is 15.6. The van der Waals surface area contributed by atoms with Crippen LogP contribution in [-0.4, -0.2) is 10.2 Å². The summed E-state index contributed by atoms with van der Waals surface area (Å²) in [5.74, 6) is -0.151. The third kappa shape index (κ3) is 4.89. The summed E-state index contributed by atoms with van der Waals surface area (Å²) in [4.78, 5) is 0. The zero-order valence-corrected chi connectivity index (χ0v) is 16.5. The van der Waals surface area contributed by atoms with Crippen LogP contribution in [0.5, 0.6) is 5.75 Å². The second kappa shape index (κ2) is 9.18. The van der Waals surface area contributed by atoms with Gasteiger partial charge in [0.25, 0.3) is 0 Å². The minimum atomic E-state index is -3.87. The van der Waals surface area contributed by atoms with E-state index in [-0.39, 0.29) is 30.9 Å². The third-order valence-corrected chi connectivity index (χ3v) is 6.17. The molecule has 0 fully saturated rings. The van der Waals surface area contributed by atoms with Crippen LogP contribution in [0.25, 0.3) is 0 Å². The Hall–Kier alpha value is -2.43. The molecule has 0 aliphatic carbocycles. The maximum absolute atomic E-state index is 13.7. The number of rotatable bonds is 8. The van der Waals surface area contributed by atoms with Crippen LogP contribution < -0.4 is 5.30 Å². The van der Waals surface area contributed by atoms with Crippen molar-refractivity contribution in [2.75, 3.05) is 0 Å². The molecule has 2 N–H and O–H groups in total. The Morgan fingerprint density at radius 2 is 1.32 bits per heavy atom. The highest BCUT2D eigenvalue weighted by molar-refractivity contribution is 7.62. The molecule has 0 bridgehead atoms. The van der Waals surface area contributed by atoms with E-state index in [4.69, 9.17) is 9.05 Å². The molecule has 3 aromatic rings. The van der Waals surface area contributed by atoms with Crippen LogP contribution in [-0.2, 0) is 33.4 Å². The van der Waals surface area contributed by atoms with Crippen LogP contribution >= 0.6 is 7.60 Å². The lowest BCUT2D eigenvalue weighted by atomic mass is 10.1. The Morgan fingerprint density at radius 1 is 0.821 bits per heavy atom. The highest BCUT2D eigenvalue weighted by Gasteiger charge is 2.32. The number of aromatic hydroxyl groups is 1. The number of aliphatic hydroxyl groups excluding tert-OH is 1. The lowest BCUT2D eigenvalue weighted by Crippen LogP contribution is -2.13. The van der Waals surface area contributed by atoms with E-state index < -0.39 is 7.60 Å². The molecule has 6 heteroatoms. The predicted octanol–water partition coefficient (Wildman–Crippen LogP) is 4.44. The first-order valence-electron chi connectivity index (χ1n) is 8.93. The Kier molecular flexibility index (Phi) is 6.65. The maximum atomic E-state index is 13.7. The van der Waals surface area contributed by atoms with E-state index in [1.54, 1.807) is 13.0 Å². The molecule has 0 spiro atoms. The molecule has 0 aliphatic heterocycles. The van der Waals surface area contributed by atoms with Crippen molar-refractivity contribution in [3.63, 3.8) is 0 Å². The molecule has 0 heterocycles. The first-order valence-corrected chi connectivity index (χ1v) is 10.5. The van der Waals surface area contributed by atoms with Gasteiger partial charge in [0.15, 0.2) is 0 Å². The summed E-state index contributed by atoms with van der Waals surface area (Å²) in [6, 6.07) is 21.8. The van der Waals surface area contributed by atoms with Gasteiger partial charge in [-0.2, -0.15) is 0 Å². The van der Waals surface area contributed by atoms with Gasteiger partial charge in [-0.15, -0.1) is 0 Å². The summed E-state index contributed by atoms with van der Waals surface area (Å²) in [6.07, 6.45) is 0. The summed E-state index contributed by atoms with van der Waals surface area (Å²) in [5, 5.41) is 20.1. The molecule has 0 radical (unpaired) electrons. The van der Waals surface area contributed by atoms with Crippen molar-refractivity contribution in [1.29, 1.82) is 0 Å².